The fourth-order valence-electron chi connectivity index (χ4n) is 1.53. The van der Waals surface area contributed by atoms with E-state index in [1.54, 1.807) is 13.4 Å². The number of anilines is 1. The molecule has 6 heteroatoms. The molecule has 0 bridgehead atoms. The van der Waals surface area contributed by atoms with Crippen LogP contribution in [0.5, 0.6) is 0 Å². The van der Waals surface area contributed by atoms with E-state index in [0.29, 0.717) is 12.5 Å². The van der Waals surface area contributed by atoms with E-state index < -0.39 is 0 Å². The van der Waals surface area contributed by atoms with Crippen LogP contribution in [0.1, 0.15) is 37.4 Å². The highest BCUT2D eigenvalue weighted by Gasteiger charge is 2.16. The number of ether oxygens (including phenoxy) is 1. The van der Waals surface area contributed by atoms with Crippen LogP contribution in [0.3, 0.4) is 0 Å². The summed E-state index contributed by atoms with van der Waals surface area (Å²) in [4.78, 5) is 4.44. The molecular weight excluding hydrogens is 250 g/mol. The molecule has 1 atom stereocenters. The Hall–Kier alpha value is -1.40. The minimum atomic E-state index is -0.0436. The molecule has 2 rings (SSSR count). The van der Waals surface area contributed by atoms with E-state index >= 15 is 0 Å². The van der Waals surface area contributed by atoms with Crippen LogP contribution in [-0.4, -0.2) is 23.1 Å². The Balaban J connectivity index is 2.08. The van der Waals surface area contributed by atoms with E-state index in [-0.39, 0.29) is 6.04 Å². The fourth-order valence-corrected chi connectivity index (χ4v) is 2.29. The normalized spacial score (nSPS) is 12.9. The van der Waals surface area contributed by atoms with Gasteiger partial charge in [0.15, 0.2) is 0 Å². The van der Waals surface area contributed by atoms with Gasteiger partial charge in [0.05, 0.1) is 12.9 Å². The van der Waals surface area contributed by atoms with Gasteiger partial charge in [0.1, 0.15) is 17.6 Å². The molecular formula is C12H17N3O2S. The number of nitrogens with zero attached hydrogens (tertiary/aromatic N) is 2. The lowest BCUT2D eigenvalue weighted by Crippen LogP contribution is -2.15. The molecule has 0 aliphatic carbocycles. The molecule has 18 heavy (non-hydrogen) atoms. The Kier molecular flexibility index (Phi) is 4.33. The van der Waals surface area contributed by atoms with Crippen molar-refractivity contribution in [1.82, 2.24) is 9.36 Å². The van der Waals surface area contributed by atoms with Crippen molar-refractivity contribution in [3.05, 3.63) is 30.0 Å². The smallest absolute Gasteiger partial charge is 0.203 e. The van der Waals surface area contributed by atoms with Crippen LogP contribution in [-0.2, 0) is 4.74 Å². The van der Waals surface area contributed by atoms with Crippen LogP contribution in [0.4, 0.5) is 5.13 Å². The summed E-state index contributed by atoms with van der Waals surface area (Å²) in [7, 11) is 1.66. The van der Waals surface area contributed by atoms with Crippen LogP contribution >= 0.6 is 11.5 Å². The van der Waals surface area contributed by atoms with Gasteiger partial charge in [0.25, 0.3) is 0 Å². The van der Waals surface area contributed by atoms with Gasteiger partial charge in [-0.1, -0.05) is 13.8 Å². The van der Waals surface area contributed by atoms with Gasteiger partial charge in [-0.3, -0.25) is 0 Å². The van der Waals surface area contributed by atoms with Crippen LogP contribution in [0.15, 0.2) is 22.8 Å². The molecule has 0 saturated heterocycles. The Morgan fingerprint density at radius 3 is 2.89 bits per heavy atom. The number of rotatable bonds is 6. The lowest BCUT2D eigenvalue weighted by Gasteiger charge is -2.14. The van der Waals surface area contributed by atoms with E-state index in [4.69, 9.17) is 9.15 Å². The maximum Gasteiger partial charge on any atom is 0.203 e. The van der Waals surface area contributed by atoms with Crippen molar-refractivity contribution >= 4 is 16.7 Å². The van der Waals surface area contributed by atoms with E-state index in [9.17, 15) is 0 Å². The number of hydrogen-bond donors (Lipinski definition) is 1. The number of nitrogens with one attached hydrogen (secondary N) is 1. The Morgan fingerprint density at radius 2 is 2.33 bits per heavy atom. The van der Waals surface area contributed by atoms with E-state index in [1.807, 2.05) is 12.1 Å². The largest absolute Gasteiger partial charge is 0.467 e. The number of aromatic nitrogens is 2. The molecule has 1 N–H and O–H groups in total. The highest BCUT2D eigenvalue weighted by Crippen LogP contribution is 2.23. The molecule has 0 aliphatic rings. The van der Waals surface area contributed by atoms with Crippen molar-refractivity contribution in [3.8, 4) is 0 Å². The van der Waals surface area contributed by atoms with Gasteiger partial charge in [-0.25, -0.2) is 4.98 Å². The minimum Gasteiger partial charge on any atom is -0.467 e. The molecule has 0 aromatic carbocycles. The molecule has 2 aromatic heterocycles. The molecule has 2 heterocycles. The molecule has 2 aromatic rings. The molecule has 98 valence electrons. The third kappa shape index (κ3) is 3.08. The van der Waals surface area contributed by atoms with Gasteiger partial charge in [0, 0.05) is 24.6 Å². The monoisotopic (exact) mass is 267 g/mol. The second-order valence-corrected chi connectivity index (χ2v) is 5.03. The van der Waals surface area contributed by atoms with E-state index in [0.717, 1.165) is 16.7 Å². The molecule has 0 radical (unpaired) electrons. The Bertz CT molecular complexity index is 467. The highest BCUT2D eigenvalue weighted by molar-refractivity contribution is 7.09. The van der Waals surface area contributed by atoms with Crippen LogP contribution in [0.2, 0.25) is 0 Å². The zero-order valence-electron chi connectivity index (χ0n) is 10.7. The third-order valence-electron chi connectivity index (χ3n) is 2.48. The van der Waals surface area contributed by atoms with Crippen molar-refractivity contribution in [3.63, 3.8) is 0 Å². The van der Waals surface area contributed by atoms with Crippen molar-refractivity contribution in [1.29, 1.82) is 0 Å². The summed E-state index contributed by atoms with van der Waals surface area (Å²) in [5, 5.41) is 4.07. The Labute approximate surface area is 110 Å². The average molecular weight is 267 g/mol. The first-order valence-corrected chi connectivity index (χ1v) is 6.60. The molecule has 0 spiro atoms. The Morgan fingerprint density at radius 1 is 1.50 bits per heavy atom. The van der Waals surface area contributed by atoms with Gasteiger partial charge in [0.2, 0.25) is 5.13 Å². The summed E-state index contributed by atoms with van der Waals surface area (Å²) >= 11 is 1.36. The number of methoxy groups -OCH3 is 1. The SMILES string of the molecule is COCC(Nc1nc(C(C)C)ns1)c1ccco1. The summed E-state index contributed by atoms with van der Waals surface area (Å²) in [6, 6.07) is 3.73. The molecule has 0 fully saturated rings. The van der Waals surface area contributed by atoms with Crippen molar-refractivity contribution in [2.45, 2.75) is 25.8 Å². The quantitative estimate of drug-likeness (QED) is 0.871. The summed E-state index contributed by atoms with van der Waals surface area (Å²) in [6.45, 7) is 4.67. The summed E-state index contributed by atoms with van der Waals surface area (Å²) in [5.74, 6) is 2.03. The van der Waals surface area contributed by atoms with Crippen molar-refractivity contribution in [2.24, 2.45) is 0 Å². The molecule has 0 aliphatic heterocycles. The maximum atomic E-state index is 5.39. The summed E-state index contributed by atoms with van der Waals surface area (Å²) in [5.41, 5.74) is 0. The number of hydrogen-bond acceptors (Lipinski definition) is 6. The standard InChI is InChI=1S/C12H17N3O2S/c1-8(2)11-14-12(18-15-11)13-9(7-16-3)10-5-4-6-17-10/h4-6,8-9H,7H2,1-3H3,(H,13,14,15). The zero-order valence-corrected chi connectivity index (χ0v) is 11.5. The first kappa shape index (κ1) is 13.0. The summed E-state index contributed by atoms with van der Waals surface area (Å²) in [6.07, 6.45) is 1.65. The van der Waals surface area contributed by atoms with E-state index in [2.05, 4.69) is 28.5 Å². The zero-order chi connectivity index (χ0) is 13.0. The van der Waals surface area contributed by atoms with Crippen LogP contribution in [0, 0.1) is 0 Å². The van der Waals surface area contributed by atoms with Crippen LogP contribution < -0.4 is 5.32 Å². The van der Waals surface area contributed by atoms with Gasteiger partial charge in [-0.05, 0) is 12.1 Å². The molecule has 0 saturated carbocycles. The van der Waals surface area contributed by atoms with E-state index in [1.165, 1.54) is 11.5 Å². The van der Waals surface area contributed by atoms with Crippen molar-refractivity contribution in [2.75, 3.05) is 19.0 Å². The first-order chi connectivity index (χ1) is 8.70. The maximum absolute atomic E-state index is 5.39. The fraction of sp³-hybridized carbons (Fsp3) is 0.500. The van der Waals surface area contributed by atoms with Gasteiger partial charge >= 0.3 is 0 Å². The van der Waals surface area contributed by atoms with Crippen LogP contribution in [0.25, 0.3) is 0 Å². The topological polar surface area (TPSA) is 60.2 Å². The highest BCUT2D eigenvalue weighted by atomic mass is 32.1. The second kappa shape index (κ2) is 5.97. The van der Waals surface area contributed by atoms with Crippen molar-refractivity contribution < 1.29 is 9.15 Å². The average Bonchev–Trinajstić information content (AvgIpc) is 2.99. The number of furan rings is 1. The predicted molar refractivity (Wildman–Crippen MR) is 70.9 cm³/mol. The van der Waals surface area contributed by atoms with Gasteiger partial charge in [-0.2, -0.15) is 4.37 Å². The molecule has 5 nitrogen and oxygen atoms in total. The lowest BCUT2D eigenvalue weighted by molar-refractivity contribution is 0.179. The first-order valence-electron chi connectivity index (χ1n) is 5.83. The summed E-state index contributed by atoms with van der Waals surface area (Å²) < 4.78 is 14.9. The third-order valence-corrected chi connectivity index (χ3v) is 3.14. The molecule has 1 unspecified atom stereocenters. The van der Waals surface area contributed by atoms with Gasteiger partial charge < -0.3 is 14.5 Å². The van der Waals surface area contributed by atoms with Gasteiger partial charge in [-0.15, -0.1) is 0 Å². The second-order valence-electron chi connectivity index (χ2n) is 4.28. The lowest BCUT2D eigenvalue weighted by atomic mass is 10.2. The predicted octanol–water partition coefficient (Wildman–Crippen LogP) is 3.05. The molecule has 0 amide bonds. The minimum absolute atomic E-state index is 0.0436.